The highest BCUT2D eigenvalue weighted by molar-refractivity contribution is 5.95. The lowest BCUT2D eigenvalue weighted by Gasteiger charge is -2.35. The van der Waals surface area contributed by atoms with Crippen LogP contribution in [0.2, 0.25) is 0 Å². The number of halogens is 4. The molecule has 0 saturated carbocycles. The van der Waals surface area contributed by atoms with E-state index >= 15 is 0 Å². The highest BCUT2D eigenvalue weighted by Gasteiger charge is 2.31. The maximum atomic E-state index is 13.6. The number of aliphatic hydroxyl groups excluding tert-OH is 1. The first-order valence-electron chi connectivity index (χ1n) is 6.83. The Balaban J connectivity index is 2.17. The second-order valence-electron chi connectivity index (χ2n) is 5.14. The maximum Gasteiger partial charge on any atom is 0.260 e. The van der Waals surface area contributed by atoms with E-state index in [2.05, 4.69) is 0 Å². The van der Waals surface area contributed by atoms with Crippen LogP contribution in [0.15, 0.2) is 6.07 Å². The molecule has 1 aromatic rings. The van der Waals surface area contributed by atoms with Gasteiger partial charge in [0.05, 0.1) is 0 Å². The molecule has 5 nitrogen and oxygen atoms in total. The van der Waals surface area contributed by atoms with Crippen LogP contribution in [0.1, 0.15) is 17.3 Å². The van der Waals surface area contributed by atoms with E-state index in [0.717, 1.165) is 4.90 Å². The second kappa shape index (κ2) is 6.53. The van der Waals surface area contributed by atoms with Crippen molar-refractivity contribution >= 4 is 11.8 Å². The van der Waals surface area contributed by atoms with Crippen molar-refractivity contribution in [2.45, 2.75) is 13.0 Å². The fraction of sp³-hybridized carbons (Fsp3) is 0.429. The standard InChI is InChI=1S/C14H14F4N2O3/c1-7(21)13(22)19-2-4-20(5-3-19)14(23)10-11(17)8(15)6-9(16)12(10)18/h6-7,21H,2-5H2,1H3/t7-/m0/s1. The predicted molar refractivity (Wildman–Crippen MR) is 70.4 cm³/mol. The first kappa shape index (κ1) is 17.2. The third-order valence-electron chi connectivity index (χ3n) is 3.56. The largest absolute Gasteiger partial charge is 0.384 e. The minimum Gasteiger partial charge on any atom is -0.384 e. The molecule has 0 aliphatic carbocycles. The molecule has 9 heteroatoms. The number of nitrogens with zero attached hydrogens (tertiary/aromatic N) is 2. The molecule has 1 saturated heterocycles. The normalized spacial score (nSPS) is 16.4. The van der Waals surface area contributed by atoms with Crippen LogP contribution in [0, 0.1) is 23.3 Å². The summed E-state index contributed by atoms with van der Waals surface area (Å²) in [6.45, 7) is 1.22. The topological polar surface area (TPSA) is 60.9 Å². The smallest absolute Gasteiger partial charge is 0.260 e. The van der Waals surface area contributed by atoms with E-state index in [9.17, 15) is 32.3 Å². The van der Waals surface area contributed by atoms with Crippen molar-refractivity contribution in [2.24, 2.45) is 0 Å². The van der Waals surface area contributed by atoms with Crippen LogP contribution in [0.3, 0.4) is 0 Å². The van der Waals surface area contributed by atoms with Crippen molar-refractivity contribution in [2.75, 3.05) is 26.2 Å². The molecule has 1 N–H and O–H groups in total. The molecule has 0 spiro atoms. The minimum absolute atomic E-state index is 0.0285. The summed E-state index contributed by atoms with van der Waals surface area (Å²) < 4.78 is 53.6. The van der Waals surface area contributed by atoms with Crippen LogP contribution in [-0.2, 0) is 4.79 Å². The number of hydrogen-bond donors (Lipinski definition) is 1. The zero-order valence-corrected chi connectivity index (χ0v) is 12.2. The summed E-state index contributed by atoms with van der Waals surface area (Å²) >= 11 is 0. The van der Waals surface area contributed by atoms with Crippen molar-refractivity contribution < 1.29 is 32.3 Å². The molecule has 1 aliphatic rings. The molecule has 1 atom stereocenters. The zero-order chi connectivity index (χ0) is 17.3. The summed E-state index contributed by atoms with van der Waals surface area (Å²) in [5.41, 5.74) is -1.29. The summed E-state index contributed by atoms with van der Waals surface area (Å²) in [5, 5.41) is 9.21. The number of amides is 2. The first-order valence-corrected chi connectivity index (χ1v) is 6.83. The van der Waals surface area contributed by atoms with Gasteiger partial charge in [-0.3, -0.25) is 9.59 Å². The Morgan fingerprint density at radius 1 is 1.00 bits per heavy atom. The van der Waals surface area contributed by atoms with Crippen molar-refractivity contribution in [3.63, 3.8) is 0 Å². The minimum atomic E-state index is -1.75. The van der Waals surface area contributed by atoms with Crippen molar-refractivity contribution in [1.29, 1.82) is 0 Å². The van der Waals surface area contributed by atoms with Crippen LogP contribution in [0.4, 0.5) is 17.6 Å². The van der Waals surface area contributed by atoms with E-state index in [1.165, 1.54) is 11.8 Å². The van der Waals surface area contributed by atoms with E-state index < -0.39 is 46.8 Å². The van der Waals surface area contributed by atoms with Gasteiger partial charge in [-0.15, -0.1) is 0 Å². The number of piperazine rings is 1. The molecule has 2 rings (SSSR count). The Labute approximate surface area is 129 Å². The Morgan fingerprint density at radius 3 is 1.87 bits per heavy atom. The van der Waals surface area contributed by atoms with E-state index in [0.29, 0.717) is 0 Å². The third-order valence-corrected chi connectivity index (χ3v) is 3.56. The fourth-order valence-electron chi connectivity index (χ4n) is 2.31. The fourth-order valence-corrected chi connectivity index (χ4v) is 2.31. The summed E-state index contributed by atoms with van der Waals surface area (Å²) in [6.07, 6.45) is -1.20. The molecule has 1 heterocycles. The molecule has 2 amide bonds. The summed E-state index contributed by atoms with van der Waals surface area (Å²) in [5.74, 6) is -8.55. The van der Waals surface area contributed by atoms with Gasteiger partial charge in [-0.2, -0.15) is 0 Å². The van der Waals surface area contributed by atoms with Crippen LogP contribution < -0.4 is 0 Å². The van der Waals surface area contributed by atoms with Gasteiger partial charge in [0.1, 0.15) is 11.7 Å². The first-order chi connectivity index (χ1) is 10.7. The number of benzene rings is 1. The SMILES string of the molecule is C[C@H](O)C(=O)N1CCN(C(=O)c2c(F)c(F)cc(F)c2F)CC1. The lowest BCUT2D eigenvalue weighted by atomic mass is 10.1. The monoisotopic (exact) mass is 334 g/mol. The van der Waals surface area contributed by atoms with Crippen LogP contribution in [0.25, 0.3) is 0 Å². The molecular weight excluding hydrogens is 320 g/mol. The predicted octanol–water partition coefficient (Wildman–Crippen LogP) is 0.908. The van der Waals surface area contributed by atoms with E-state index in [-0.39, 0.29) is 32.2 Å². The maximum absolute atomic E-state index is 13.6. The lowest BCUT2D eigenvalue weighted by molar-refractivity contribution is -0.140. The molecule has 23 heavy (non-hydrogen) atoms. The van der Waals surface area contributed by atoms with Crippen molar-refractivity contribution in [3.05, 3.63) is 34.9 Å². The van der Waals surface area contributed by atoms with Gasteiger partial charge in [0.2, 0.25) is 0 Å². The molecular formula is C14H14F4N2O3. The summed E-state index contributed by atoms with van der Waals surface area (Å²) in [7, 11) is 0. The van der Waals surface area contributed by atoms with Gasteiger partial charge in [0, 0.05) is 32.2 Å². The number of rotatable bonds is 2. The van der Waals surface area contributed by atoms with Gasteiger partial charge in [-0.05, 0) is 6.92 Å². The second-order valence-corrected chi connectivity index (χ2v) is 5.14. The number of hydrogen-bond acceptors (Lipinski definition) is 3. The van der Waals surface area contributed by atoms with Gasteiger partial charge in [-0.25, -0.2) is 17.6 Å². The summed E-state index contributed by atoms with van der Waals surface area (Å²) in [4.78, 5) is 26.0. The molecule has 126 valence electrons. The Morgan fingerprint density at radius 2 is 1.43 bits per heavy atom. The highest BCUT2D eigenvalue weighted by Crippen LogP contribution is 2.21. The highest BCUT2D eigenvalue weighted by atomic mass is 19.2. The van der Waals surface area contributed by atoms with Gasteiger partial charge in [-0.1, -0.05) is 0 Å². The molecule has 0 radical (unpaired) electrons. The Hall–Kier alpha value is -2.16. The third kappa shape index (κ3) is 3.29. The zero-order valence-electron chi connectivity index (χ0n) is 12.2. The Bertz CT molecular complexity index is 617. The van der Waals surface area contributed by atoms with Crippen molar-refractivity contribution in [3.8, 4) is 0 Å². The van der Waals surface area contributed by atoms with Gasteiger partial charge in [0.25, 0.3) is 11.8 Å². The Kier molecular flexibility index (Phi) is 4.88. The van der Waals surface area contributed by atoms with Gasteiger partial charge in [0.15, 0.2) is 23.3 Å². The quantitative estimate of drug-likeness (QED) is 0.646. The lowest BCUT2D eigenvalue weighted by Crippen LogP contribution is -2.52. The molecule has 0 aromatic heterocycles. The van der Waals surface area contributed by atoms with E-state index in [1.807, 2.05) is 0 Å². The van der Waals surface area contributed by atoms with E-state index in [1.54, 1.807) is 0 Å². The van der Waals surface area contributed by atoms with Crippen LogP contribution >= 0.6 is 0 Å². The van der Waals surface area contributed by atoms with E-state index in [4.69, 9.17) is 0 Å². The van der Waals surface area contributed by atoms with Crippen molar-refractivity contribution in [1.82, 2.24) is 9.80 Å². The number of carbonyl (C=O) groups excluding carboxylic acids is 2. The molecule has 0 unspecified atom stereocenters. The van der Waals surface area contributed by atoms with Crippen LogP contribution in [-0.4, -0.2) is 59.0 Å². The molecule has 1 fully saturated rings. The van der Waals surface area contributed by atoms with Gasteiger partial charge >= 0.3 is 0 Å². The average Bonchev–Trinajstić information content (AvgIpc) is 2.52. The average molecular weight is 334 g/mol. The van der Waals surface area contributed by atoms with Gasteiger partial charge < -0.3 is 14.9 Å². The molecule has 0 bridgehead atoms. The summed E-state index contributed by atoms with van der Waals surface area (Å²) in [6, 6.07) is 0.0285. The van der Waals surface area contributed by atoms with Crippen LogP contribution in [0.5, 0.6) is 0 Å². The molecule has 1 aromatic carbocycles. The molecule has 1 aliphatic heterocycles. The number of carbonyl (C=O) groups is 2. The number of aliphatic hydroxyl groups is 1.